The van der Waals surface area contributed by atoms with Gasteiger partial charge in [-0.25, -0.2) is 8.78 Å². The molecule has 158 valence electrons. The van der Waals surface area contributed by atoms with Crippen molar-refractivity contribution in [1.82, 2.24) is 0 Å². The minimum Gasteiger partial charge on any atom is -0.206 e. The van der Waals surface area contributed by atoms with Crippen molar-refractivity contribution in [2.45, 2.75) is 50.9 Å². The third-order valence-electron chi connectivity index (χ3n) is 6.71. The van der Waals surface area contributed by atoms with Gasteiger partial charge < -0.3 is 0 Å². The van der Waals surface area contributed by atoms with Crippen LogP contribution in [0.2, 0.25) is 0 Å². The number of fused-ring (bicyclic) bond motifs is 1. The fourth-order valence-corrected chi connectivity index (χ4v) is 4.85. The molecule has 0 bridgehead atoms. The SMILES string of the molecule is C=CCC1CCC(c2ccc3c(F)c(CCc4ccc(C#N)c(F)c4)ccc3c2)CC1. The molecule has 0 aliphatic heterocycles. The van der Waals surface area contributed by atoms with E-state index >= 15 is 4.39 Å². The van der Waals surface area contributed by atoms with Gasteiger partial charge in [0.05, 0.1) is 5.56 Å². The number of nitriles is 1. The van der Waals surface area contributed by atoms with Crippen molar-refractivity contribution >= 4 is 10.8 Å². The predicted octanol–water partition coefficient (Wildman–Crippen LogP) is 7.62. The van der Waals surface area contributed by atoms with Crippen LogP contribution in [0.5, 0.6) is 0 Å². The maximum Gasteiger partial charge on any atom is 0.141 e. The Morgan fingerprint density at radius 1 is 0.968 bits per heavy atom. The Labute approximate surface area is 183 Å². The third-order valence-corrected chi connectivity index (χ3v) is 6.71. The lowest BCUT2D eigenvalue weighted by atomic mass is 9.77. The number of halogens is 2. The molecule has 3 aromatic carbocycles. The molecule has 0 spiro atoms. The Kier molecular flexibility index (Phi) is 6.47. The van der Waals surface area contributed by atoms with E-state index in [1.54, 1.807) is 6.07 Å². The van der Waals surface area contributed by atoms with Gasteiger partial charge in [0.1, 0.15) is 17.7 Å². The van der Waals surface area contributed by atoms with Crippen LogP contribution in [0.1, 0.15) is 60.3 Å². The first-order chi connectivity index (χ1) is 15.1. The van der Waals surface area contributed by atoms with Crippen molar-refractivity contribution in [2.24, 2.45) is 5.92 Å². The van der Waals surface area contributed by atoms with E-state index in [1.807, 2.05) is 30.3 Å². The number of hydrogen-bond donors (Lipinski definition) is 0. The fraction of sp³-hybridized carbons (Fsp3) is 0.321. The van der Waals surface area contributed by atoms with Gasteiger partial charge in [-0.2, -0.15) is 5.26 Å². The normalized spacial score (nSPS) is 18.6. The van der Waals surface area contributed by atoms with Crippen LogP contribution in [-0.4, -0.2) is 0 Å². The molecular weight excluding hydrogens is 388 g/mol. The summed E-state index contributed by atoms with van der Waals surface area (Å²) in [6.07, 6.45) is 8.99. The molecule has 0 atom stereocenters. The van der Waals surface area contributed by atoms with Crippen LogP contribution in [0.4, 0.5) is 8.78 Å². The van der Waals surface area contributed by atoms with Gasteiger partial charge in [-0.3, -0.25) is 0 Å². The Balaban J connectivity index is 1.48. The summed E-state index contributed by atoms with van der Waals surface area (Å²) >= 11 is 0. The summed E-state index contributed by atoms with van der Waals surface area (Å²) in [5.41, 5.74) is 2.74. The van der Waals surface area contributed by atoms with Crippen molar-refractivity contribution in [3.8, 4) is 6.07 Å². The van der Waals surface area contributed by atoms with Crippen LogP contribution >= 0.6 is 0 Å². The van der Waals surface area contributed by atoms with Crippen LogP contribution in [0, 0.1) is 28.9 Å². The zero-order chi connectivity index (χ0) is 21.8. The highest BCUT2D eigenvalue weighted by molar-refractivity contribution is 5.84. The number of nitrogens with zero attached hydrogens (tertiary/aromatic N) is 1. The topological polar surface area (TPSA) is 23.8 Å². The first kappa shape index (κ1) is 21.2. The highest BCUT2D eigenvalue weighted by atomic mass is 19.1. The highest BCUT2D eigenvalue weighted by Gasteiger charge is 2.22. The summed E-state index contributed by atoms with van der Waals surface area (Å²) in [6.45, 7) is 3.86. The highest BCUT2D eigenvalue weighted by Crippen LogP contribution is 2.38. The van der Waals surface area contributed by atoms with Crippen molar-refractivity contribution in [1.29, 1.82) is 5.26 Å². The molecule has 4 rings (SSSR count). The zero-order valence-corrected chi connectivity index (χ0v) is 17.7. The van der Waals surface area contributed by atoms with E-state index < -0.39 is 5.82 Å². The Morgan fingerprint density at radius 3 is 2.48 bits per heavy atom. The number of benzene rings is 3. The van der Waals surface area contributed by atoms with Gasteiger partial charge in [0, 0.05) is 5.39 Å². The number of aryl methyl sites for hydroxylation is 2. The van der Waals surface area contributed by atoms with E-state index in [2.05, 4.69) is 18.7 Å². The smallest absolute Gasteiger partial charge is 0.141 e. The molecule has 1 aliphatic rings. The monoisotopic (exact) mass is 415 g/mol. The minimum atomic E-state index is -0.523. The van der Waals surface area contributed by atoms with Gasteiger partial charge >= 0.3 is 0 Å². The van der Waals surface area contributed by atoms with E-state index in [1.165, 1.54) is 43.4 Å². The lowest BCUT2D eigenvalue weighted by molar-refractivity contribution is 0.328. The van der Waals surface area contributed by atoms with Gasteiger partial charge in [0.15, 0.2) is 0 Å². The van der Waals surface area contributed by atoms with Gasteiger partial charge in [-0.05, 0) is 91.0 Å². The lowest BCUT2D eigenvalue weighted by Gasteiger charge is -2.28. The van der Waals surface area contributed by atoms with E-state index in [9.17, 15) is 4.39 Å². The van der Waals surface area contributed by atoms with Gasteiger partial charge in [-0.1, -0.05) is 42.5 Å². The van der Waals surface area contributed by atoms with Gasteiger partial charge in [-0.15, -0.1) is 6.58 Å². The molecule has 31 heavy (non-hydrogen) atoms. The molecule has 0 heterocycles. The molecule has 1 aliphatic carbocycles. The Morgan fingerprint density at radius 2 is 1.77 bits per heavy atom. The minimum absolute atomic E-state index is 0.0330. The van der Waals surface area contributed by atoms with Crippen LogP contribution in [0.3, 0.4) is 0 Å². The second-order valence-corrected chi connectivity index (χ2v) is 8.69. The summed E-state index contributed by atoms with van der Waals surface area (Å²) in [4.78, 5) is 0. The number of rotatable bonds is 6. The third kappa shape index (κ3) is 4.69. The number of hydrogen-bond acceptors (Lipinski definition) is 1. The van der Waals surface area contributed by atoms with Crippen LogP contribution in [-0.2, 0) is 12.8 Å². The summed E-state index contributed by atoms with van der Waals surface area (Å²) in [5.74, 6) is 0.608. The molecule has 1 saturated carbocycles. The summed E-state index contributed by atoms with van der Waals surface area (Å²) in [5, 5.41) is 10.4. The van der Waals surface area contributed by atoms with E-state index in [-0.39, 0.29) is 11.4 Å². The van der Waals surface area contributed by atoms with Crippen molar-refractivity contribution in [3.05, 3.63) is 95.1 Å². The first-order valence-electron chi connectivity index (χ1n) is 11.1. The maximum absolute atomic E-state index is 15.2. The maximum atomic E-state index is 15.2. The van der Waals surface area contributed by atoms with Crippen molar-refractivity contribution < 1.29 is 8.78 Å². The zero-order valence-electron chi connectivity index (χ0n) is 17.7. The molecule has 0 amide bonds. The second-order valence-electron chi connectivity index (χ2n) is 8.69. The fourth-order valence-electron chi connectivity index (χ4n) is 4.85. The molecule has 3 aromatic rings. The first-order valence-corrected chi connectivity index (χ1v) is 11.1. The van der Waals surface area contributed by atoms with Crippen LogP contribution in [0.25, 0.3) is 10.8 Å². The standard InChI is InChI=1S/C28H27F2N/c1-2-3-19-4-8-21(9-5-19)23-14-15-26-24(17-23)13-12-22(28(26)30)10-6-20-7-11-25(18-31)27(29)16-20/h2,7,11-17,19,21H,1,3-6,8-10H2. The largest absolute Gasteiger partial charge is 0.206 e. The van der Waals surface area contributed by atoms with E-state index in [0.29, 0.717) is 29.7 Å². The average Bonchev–Trinajstić information content (AvgIpc) is 2.79. The van der Waals surface area contributed by atoms with Gasteiger partial charge in [0.25, 0.3) is 0 Å². The molecule has 0 aromatic heterocycles. The quantitative estimate of drug-likeness (QED) is 0.380. The summed E-state index contributed by atoms with van der Waals surface area (Å²) < 4.78 is 29.0. The molecule has 3 heteroatoms. The molecular formula is C28H27F2N. The molecule has 0 unspecified atom stereocenters. The van der Waals surface area contributed by atoms with Gasteiger partial charge in [0.2, 0.25) is 0 Å². The predicted molar refractivity (Wildman–Crippen MR) is 122 cm³/mol. The lowest BCUT2D eigenvalue weighted by Crippen LogP contribution is -2.12. The van der Waals surface area contributed by atoms with Crippen molar-refractivity contribution in [2.75, 3.05) is 0 Å². The molecule has 0 saturated heterocycles. The van der Waals surface area contributed by atoms with E-state index in [4.69, 9.17) is 5.26 Å². The molecule has 0 N–H and O–H groups in total. The summed E-state index contributed by atoms with van der Waals surface area (Å²) in [6, 6.07) is 16.4. The van der Waals surface area contributed by atoms with Crippen LogP contribution < -0.4 is 0 Å². The Bertz CT molecular complexity index is 1130. The molecule has 1 fully saturated rings. The average molecular weight is 416 g/mol. The summed E-state index contributed by atoms with van der Waals surface area (Å²) in [7, 11) is 0. The second kappa shape index (κ2) is 9.43. The van der Waals surface area contributed by atoms with Crippen molar-refractivity contribution in [3.63, 3.8) is 0 Å². The molecule has 1 nitrogen and oxygen atoms in total. The Hall–Kier alpha value is -2.99. The van der Waals surface area contributed by atoms with E-state index in [0.717, 1.165) is 23.3 Å². The molecule has 0 radical (unpaired) electrons. The number of allylic oxidation sites excluding steroid dienone is 1. The van der Waals surface area contributed by atoms with Crippen LogP contribution in [0.15, 0.2) is 61.2 Å².